The predicted octanol–water partition coefficient (Wildman–Crippen LogP) is 0.00710. The molecule has 0 amide bonds. The maximum Gasteiger partial charge on any atom is 0.184 e. The summed E-state index contributed by atoms with van der Waals surface area (Å²) >= 11 is 0. The summed E-state index contributed by atoms with van der Waals surface area (Å²) in [5.41, 5.74) is 0. The molecule has 0 aliphatic carbocycles. The fourth-order valence-corrected chi connectivity index (χ4v) is 0.279. The molecule has 0 aromatic heterocycles. The summed E-state index contributed by atoms with van der Waals surface area (Å²) in [7, 11) is 0. The van der Waals surface area contributed by atoms with Crippen LogP contribution in [0.1, 0.15) is 6.92 Å². The zero-order chi connectivity index (χ0) is 6.57. The van der Waals surface area contributed by atoms with Crippen LogP contribution in [0.2, 0.25) is 0 Å². The predicted molar refractivity (Wildman–Crippen MR) is 28.5 cm³/mol. The van der Waals surface area contributed by atoms with Gasteiger partial charge in [-0.05, 0) is 6.92 Å². The molecule has 2 N–H and O–H groups in total. The zero-order valence-corrected chi connectivity index (χ0v) is 5.89. The molecule has 0 aliphatic heterocycles. The first-order valence-corrected chi connectivity index (χ1v) is 2.17. The SMILES string of the molecule is C/C(O)=C/C(=O)CO.[Ni]. The zero-order valence-electron chi connectivity index (χ0n) is 4.90. The van der Waals surface area contributed by atoms with E-state index < -0.39 is 12.4 Å². The van der Waals surface area contributed by atoms with E-state index in [0.717, 1.165) is 6.08 Å². The molecular weight excluding hydrogens is 167 g/mol. The Morgan fingerprint density at radius 1 is 1.67 bits per heavy atom. The Balaban J connectivity index is 0. The maximum atomic E-state index is 10.1. The third kappa shape index (κ3) is 7.66. The summed E-state index contributed by atoms with van der Waals surface area (Å²) < 4.78 is 0. The molecule has 0 radical (unpaired) electrons. The third-order valence-corrected chi connectivity index (χ3v) is 0.526. The Morgan fingerprint density at radius 3 is 2.22 bits per heavy atom. The van der Waals surface area contributed by atoms with Crippen molar-refractivity contribution in [2.24, 2.45) is 0 Å². The minimum atomic E-state index is -0.544. The number of hydrogen-bond acceptors (Lipinski definition) is 3. The van der Waals surface area contributed by atoms with Gasteiger partial charge in [-0.3, -0.25) is 4.79 Å². The molecule has 0 atom stereocenters. The second kappa shape index (κ2) is 5.79. The van der Waals surface area contributed by atoms with E-state index in [0.29, 0.717) is 0 Å². The van der Waals surface area contributed by atoms with E-state index in [-0.39, 0.29) is 22.3 Å². The van der Waals surface area contributed by atoms with Crippen molar-refractivity contribution in [2.45, 2.75) is 6.92 Å². The molecular formula is C5H8NiO3. The van der Waals surface area contributed by atoms with Crippen molar-refractivity contribution >= 4 is 5.78 Å². The van der Waals surface area contributed by atoms with Gasteiger partial charge in [0.1, 0.15) is 6.61 Å². The van der Waals surface area contributed by atoms with E-state index in [1.807, 2.05) is 0 Å². The van der Waals surface area contributed by atoms with Crippen molar-refractivity contribution in [3.05, 3.63) is 11.8 Å². The van der Waals surface area contributed by atoms with Crippen LogP contribution in [0.5, 0.6) is 0 Å². The molecule has 0 aliphatic rings. The molecule has 0 bridgehead atoms. The van der Waals surface area contributed by atoms with E-state index in [4.69, 9.17) is 10.2 Å². The monoisotopic (exact) mass is 174 g/mol. The van der Waals surface area contributed by atoms with Crippen LogP contribution in [0.15, 0.2) is 11.8 Å². The van der Waals surface area contributed by atoms with Crippen LogP contribution >= 0.6 is 0 Å². The molecule has 0 saturated heterocycles. The molecule has 0 saturated carbocycles. The fraction of sp³-hybridized carbons (Fsp3) is 0.400. The van der Waals surface area contributed by atoms with Gasteiger partial charge in [0.15, 0.2) is 5.78 Å². The first-order valence-electron chi connectivity index (χ1n) is 2.17. The summed E-state index contributed by atoms with van der Waals surface area (Å²) in [6, 6.07) is 0. The largest absolute Gasteiger partial charge is 0.512 e. The summed E-state index contributed by atoms with van der Waals surface area (Å²) in [6.45, 7) is 0.825. The van der Waals surface area contributed by atoms with Gasteiger partial charge >= 0.3 is 0 Å². The standard InChI is InChI=1S/C5H8O3.Ni/c1-4(7)2-5(8)3-6;/h2,6-7H,3H2,1H3;/b4-2-;. The number of carbonyl (C=O) groups is 1. The molecule has 0 spiro atoms. The molecule has 0 rings (SSSR count). The molecule has 56 valence electrons. The minimum absolute atomic E-state index is 0. The molecule has 0 fully saturated rings. The second-order valence-corrected chi connectivity index (χ2v) is 1.41. The molecule has 9 heavy (non-hydrogen) atoms. The smallest absolute Gasteiger partial charge is 0.184 e. The van der Waals surface area contributed by atoms with Crippen LogP contribution in [-0.4, -0.2) is 22.6 Å². The number of aliphatic hydroxyl groups excluding tert-OH is 2. The van der Waals surface area contributed by atoms with Crippen LogP contribution in [0, 0.1) is 0 Å². The van der Waals surface area contributed by atoms with Crippen LogP contribution in [0.3, 0.4) is 0 Å². The Bertz CT molecular complexity index is 115. The molecule has 0 aromatic rings. The normalized spacial score (nSPS) is 10.2. The fourth-order valence-electron chi connectivity index (χ4n) is 0.279. The van der Waals surface area contributed by atoms with Gasteiger partial charge in [0.2, 0.25) is 0 Å². The average Bonchev–Trinajstić information content (AvgIpc) is 1.65. The van der Waals surface area contributed by atoms with Crippen molar-refractivity contribution < 1.29 is 31.5 Å². The van der Waals surface area contributed by atoms with E-state index in [1.165, 1.54) is 6.92 Å². The second-order valence-electron chi connectivity index (χ2n) is 1.41. The Hall–Kier alpha value is -0.336. The van der Waals surface area contributed by atoms with Crippen molar-refractivity contribution in [2.75, 3.05) is 6.61 Å². The molecule has 3 nitrogen and oxygen atoms in total. The van der Waals surface area contributed by atoms with Gasteiger partial charge in [0, 0.05) is 22.6 Å². The van der Waals surface area contributed by atoms with Crippen LogP contribution in [0.25, 0.3) is 0 Å². The summed E-state index contributed by atoms with van der Waals surface area (Å²) in [6.07, 6.45) is 0.972. The van der Waals surface area contributed by atoms with Gasteiger partial charge in [0.05, 0.1) is 5.76 Å². The third-order valence-electron chi connectivity index (χ3n) is 0.526. The van der Waals surface area contributed by atoms with Crippen molar-refractivity contribution in [1.82, 2.24) is 0 Å². The average molecular weight is 175 g/mol. The number of hydrogen-bond donors (Lipinski definition) is 2. The number of ketones is 1. The molecule has 0 unspecified atom stereocenters. The van der Waals surface area contributed by atoms with Gasteiger partial charge in [-0.25, -0.2) is 0 Å². The van der Waals surface area contributed by atoms with Gasteiger partial charge in [0.25, 0.3) is 0 Å². The molecule has 0 heterocycles. The number of carbonyl (C=O) groups excluding carboxylic acids is 1. The van der Waals surface area contributed by atoms with E-state index in [2.05, 4.69) is 0 Å². The first-order chi connectivity index (χ1) is 3.66. The summed E-state index contributed by atoms with van der Waals surface area (Å²) in [5.74, 6) is -0.561. The van der Waals surface area contributed by atoms with E-state index >= 15 is 0 Å². The number of allylic oxidation sites excluding steroid dienone is 1. The van der Waals surface area contributed by atoms with E-state index in [9.17, 15) is 4.79 Å². The minimum Gasteiger partial charge on any atom is -0.512 e. The van der Waals surface area contributed by atoms with Crippen LogP contribution < -0.4 is 0 Å². The van der Waals surface area contributed by atoms with Crippen molar-refractivity contribution in [3.63, 3.8) is 0 Å². The van der Waals surface area contributed by atoms with Crippen molar-refractivity contribution in [3.8, 4) is 0 Å². The number of aliphatic hydroxyl groups is 2. The topological polar surface area (TPSA) is 57.5 Å². The van der Waals surface area contributed by atoms with Crippen molar-refractivity contribution in [1.29, 1.82) is 0 Å². The molecule has 4 heteroatoms. The summed E-state index contributed by atoms with van der Waals surface area (Å²) in [5, 5.41) is 16.5. The van der Waals surface area contributed by atoms with Gasteiger partial charge in [-0.15, -0.1) is 0 Å². The maximum absolute atomic E-state index is 10.1. The Kier molecular flexibility index (Phi) is 7.38. The van der Waals surface area contributed by atoms with Gasteiger partial charge in [-0.2, -0.15) is 0 Å². The van der Waals surface area contributed by atoms with Gasteiger partial charge in [-0.1, -0.05) is 0 Å². The van der Waals surface area contributed by atoms with E-state index in [1.54, 1.807) is 0 Å². The van der Waals surface area contributed by atoms with Crippen LogP contribution in [-0.2, 0) is 21.3 Å². The Labute approximate surface area is 63.3 Å². The summed E-state index contributed by atoms with van der Waals surface area (Å²) in [4.78, 5) is 10.1. The Morgan fingerprint density at radius 2 is 2.11 bits per heavy atom. The molecule has 0 aromatic carbocycles. The first kappa shape index (κ1) is 11.5. The van der Waals surface area contributed by atoms with Crippen LogP contribution in [0.4, 0.5) is 0 Å². The quantitative estimate of drug-likeness (QED) is 0.352. The number of rotatable bonds is 2. The van der Waals surface area contributed by atoms with Gasteiger partial charge < -0.3 is 10.2 Å².